The number of methoxy groups -OCH3 is 1. The van der Waals surface area contributed by atoms with Gasteiger partial charge in [-0.1, -0.05) is 23.7 Å². The number of hydrogen-bond acceptors (Lipinski definition) is 4. The fourth-order valence-corrected chi connectivity index (χ4v) is 4.37. The van der Waals surface area contributed by atoms with Crippen molar-refractivity contribution in [3.05, 3.63) is 52.5 Å². The maximum atomic E-state index is 6.25. The van der Waals surface area contributed by atoms with E-state index in [1.54, 1.807) is 7.11 Å². The number of anilines is 1. The van der Waals surface area contributed by atoms with Crippen molar-refractivity contribution in [3.8, 4) is 11.5 Å². The van der Waals surface area contributed by atoms with E-state index in [2.05, 4.69) is 11.4 Å². The van der Waals surface area contributed by atoms with Crippen LogP contribution in [0.25, 0.3) is 0 Å². The summed E-state index contributed by atoms with van der Waals surface area (Å²) in [4.78, 5) is 0. The third-order valence-electron chi connectivity index (χ3n) is 5.28. The molecule has 0 aliphatic carbocycles. The maximum absolute atomic E-state index is 6.25. The Kier molecular flexibility index (Phi) is 4.96. The van der Waals surface area contributed by atoms with Crippen molar-refractivity contribution in [2.24, 2.45) is 5.92 Å². The van der Waals surface area contributed by atoms with Crippen LogP contribution in [0.15, 0.2) is 36.4 Å². The molecule has 2 aliphatic rings. The molecule has 0 radical (unpaired) electrons. The number of fused-ring (bicyclic) bond motifs is 3. The molecule has 1 N–H and O–H groups in total. The molecule has 3 atom stereocenters. The molecule has 26 heavy (non-hydrogen) atoms. The highest BCUT2D eigenvalue weighted by Crippen LogP contribution is 2.52. The molecule has 4 nitrogen and oxygen atoms in total. The second kappa shape index (κ2) is 7.37. The van der Waals surface area contributed by atoms with Crippen molar-refractivity contribution in [3.63, 3.8) is 0 Å². The average Bonchev–Trinajstić information content (AvgIpc) is 2.68. The minimum atomic E-state index is 0.0457. The second-order valence-electron chi connectivity index (χ2n) is 6.76. The van der Waals surface area contributed by atoms with Crippen LogP contribution in [-0.2, 0) is 4.74 Å². The standard InChI is InChI=1S/C21H24ClNO3/c1-3-25-21-15(6-4-8-18(21)24-2)19-14-7-5-11-26-20(14)16-12-13(22)9-10-17(16)23-19/h4,6,8-10,12,14,19-20,23H,3,5,7,11H2,1-2H3/t14-,19+,20-/m0/s1. The molecule has 138 valence electrons. The number of ether oxygens (including phenoxy) is 3. The van der Waals surface area contributed by atoms with Gasteiger partial charge >= 0.3 is 0 Å². The number of para-hydroxylation sites is 1. The zero-order chi connectivity index (χ0) is 18.1. The van der Waals surface area contributed by atoms with Gasteiger partial charge in [0.15, 0.2) is 11.5 Å². The topological polar surface area (TPSA) is 39.7 Å². The predicted octanol–water partition coefficient (Wildman–Crippen LogP) is 5.38. The summed E-state index contributed by atoms with van der Waals surface area (Å²) in [5, 5.41) is 4.46. The lowest BCUT2D eigenvalue weighted by molar-refractivity contribution is -0.0383. The summed E-state index contributed by atoms with van der Waals surface area (Å²) in [6.07, 6.45) is 2.20. The van der Waals surface area contributed by atoms with Gasteiger partial charge in [-0.25, -0.2) is 0 Å². The highest BCUT2D eigenvalue weighted by molar-refractivity contribution is 6.30. The van der Waals surface area contributed by atoms with Crippen LogP contribution in [0.5, 0.6) is 11.5 Å². The van der Waals surface area contributed by atoms with Gasteiger partial charge in [-0.3, -0.25) is 0 Å². The highest BCUT2D eigenvalue weighted by Gasteiger charge is 2.41. The van der Waals surface area contributed by atoms with Crippen molar-refractivity contribution in [1.29, 1.82) is 0 Å². The van der Waals surface area contributed by atoms with E-state index in [9.17, 15) is 0 Å². The molecule has 0 aromatic heterocycles. The molecule has 1 fully saturated rings. The molecule has 0 spiro atoms. The summed E-state index contributed by atoms with van der Waals surface area (Å²) in [7, 11) is 1.68. The Bertz CT molecular complexity index is 795. The van der Waals surface area contributed by atoms with Gasteiger partial charge in [-0.15, -0.1) is 0 Å². The van der Waals surface area contributed by atoms with Crippen molar-refractivity contribution < 1.29 is 14.2 Å². The van der Waals surface area contributed by atoms with E-state index in [4.69, 9.17) is 25.8 Å². The van der Waals surface area contributed by atoms with Gasteiger partial charge in [0.2, 0.25) is 0 Å². The molecular weight excluding hydrogens is 350 g/mol. The van der Waals surface area contributed by atoms with Gasteiger partial charge in [0.05, 0.1) is 25.9 Å². The minimum absolute atomic E-state index is 0.0457. The number of rotatable bonds is 4. The Morgan fingerprint density at radius 3 is 2.92 bits per heavy atom. The molecular formula is C21H24ClNO3. The highest BCUT2D eigenvalue weighted by atomic mass is 35.5. The van der Waals surface area contributed by atoms with Crippen LogP contribution >= 0.6 is 11.6 Å². The Morgan fingerprint density at radius 2 is 2.12 bits per heavy atom. The van der Waals surface area contributed by atoms with Crippen LogP contribution in [0, 0.1) is 5.92 Å². The zero-order valence-electron chi connectivity index (χ0n) is 15.1. The smallest absolute Gasteiger partial charge is 0.166 e. The van der Waals surface area contributed by atoms with Crippen LogP contribution in [-0.4, -0.2) is 20.3 Å². The van der Waals surface area contributed by atoms with Crippen molar-refractivity contribution in [2.75, 3.05) is 25.6 Å². The summed E-state index contributed by atoms with van der Waals surface area (Å²) in [6.45, 7) is 3.38. The summed E-state index contributed by atoms with van der Waals surface area (Å²) in [5.74, 6) is 1.90. The van der Waals surface area contributed by atoms with Gasteiger partial charge in [-0.05, 0) is 44.0 Å². The lowest BCUT2D eigenvalue weighted by Crippen LogP contribution is -2.36. The maximum Gasteiger partial charge on any atom is 0.166 e. The molecule has 0 unspecified atom stereocenters. The monoisotopic (exact) mass is 373 g/mol. The van der Waals surface area contributed by atoms with E-state index >= 15 is 0 Å². The fourth-order valence-electron chi connectivity index (χ4n) is 4.19. The average molecular weight is 374 g/mol. The summed E-state index contributed by atoms with van der Waals surface area (Å²) in [6, 6.07) is 12.2. The SMILES string of the molecule is CCOc1c(OC)cccc1[C@@H]1Nc2ccc(Cl)cc2[C@H]2OCCC[C@H]21. The van der Waals surface area contributed by atoms with Crippen LogP contribution < -0.4 is 14.8 Å². The van der Waals surface area contributed by atoms with E-state index in [0.717, 1.165) is 52.8 Å². The molecule has 4 rings (SSSR count). The molecule has 1 saturated heterocycles. The third-order valence-corrected chi connectivity index (χ3v) is 5.52. The first-order valence-corrected chi connectivity index (χ1v) is 9.58. The molecule has 0 bridgehead atoms. The van der Waals surface area contributed by atoms with Gasteiger partial charge < -0.3 is 19.5 Å². The lowest BCUT2D eigenvalue weighted by Gasteiger charge is -2.43. The molecule has 0 amide bonds. The molecule has 2 aliphatic heterocycles. The minimum Gasteiger partial charge on any atom is -0.493 e. The van der Waals surface area contributed by atoms with Gasteiger partial charge in [0.25, 0.3) is 0 Å². The van der Waals surface area contributed by atoms with Crippen LogP contribution in [0.3, 0.4) is 0 Å². The fraction of sp³-hybridized carbons (Fsp3) is 0.429. The van der Waals surface area contributed by atoms with E-state index in [0.29, 0.717) is 12.5 Å². The summed E-state index contributed by atoms with van der Waals surface area (Å²) >= 11 is 6.25. The second-order valence-corrected chi connectivity index (χ2v) is 7.20. The Balaban J connectivity index is 1.81. The summed E-state index contributed by atoms with van der Waals surface area (Å²) < 4.78 is 17.7. The van der Waals surface area contributed by atoms with Crippen molar-refractivity contribution in [1.82, 2.24) is 0 Å². The largest absolute Gasteiger partial charge is 0.493 e. The Hall–Kier alpha value is -1.91. The first kappa shape index (κ1) is 17.5. The van der Waals surface area contributed by atoms with Crippen molar-refractivity contribution in [2.45, 2.75) is 31.9 Å². The zero-order valence-corrected chi connectivity index (χ0v) is 15.9. The van der Waals surface area contributed by atoms with Gasteiger partial charge in [0.1, 0.15) is 0 Å². The first-order chi connectivity index (χ1) is 12.7. The quantitative estimate of drug-likeness (QED) is 0.780. The van der Waals surface area contributed by atoms with E-state index in [1.807, 2.05) is 37.3 Å². The Labute approximate surface area is 159 Å². The van der Waals surface area contributed by atoms with Crippen molar-refractivity contribution >= 4 is 17.3 Å². The van der Waals surface area contributed by atoms with Gasteiger partial charge in [-0.2, -0.15) is 0 Å². The number of halogens is 1. The van der Waals surface area contributed by atoms with E-state index < -0.39 is 0 Å². The third kappa shape index (κ3) is 3.01. The lowest BCUT2D eigenvalue weighted by atomic mass is 9.77. The molecule has 2 aromatic rings. The van der Waals surface area contributed by atoms with Crippen LogP contribution in [0.4, 0.5) is 5.69 Å². The molecule has 2 aromatic carbocycles. The number of hydrogen-bond donors (Lipinski definition) is 1. The normalized spacial score (nSPS) is 24.2. The molecule has 0 saturated carbocycles. The molecule has 2 heterocycles. The van der Waals surface area contributed by atoms with Crippen LogP contribution in [0.2, 0.25) is 5.02 Å². The van der Waals surface area contributed by atoms with Gasteiger partial charge in [0, 0.05) is 34.4 Å². The Morgan fingerprint density at radius 1 is 1.23 bits per heavy atom. The molecule has 5 heteroatoms. The summed E-state index contributed by atoms with van der Waals surface area (Å²) in [5.41, 5.74) is 3.35. The van der Waals surface area contributed by atoms with E-state index in [-0.39, 0.29) is 12.1 Å². The van der Waals surface area contributed by atoms with Crippen LogP contribution in [0.1, 0.15) is 43.0 Å². The first-order valence-electron chi connectivity index (χ1n) is 9.20. The number of benzene rings is 2. The number of nitrogens with one attached hydrogen (secondary N) is 1. The predicted molar refractivity (Wildman–Crippen MR) is 103 cm³/mol. The van der Waals surface area contributed by atoms with E-state index in [1.165, 1.54) is 0 Å².